The molecule has 0 aliphatic carbocycles. The lowest BCUT2D eigenvalue weighted by molar-refractivity contribution is -0.125. The predicted octanol–water partition coefficient (Wildman–Crippen LogP) is 1.85. The topological polar surface area (TPSA) is 29.1 Å². The van der Waals surface area contributed by atoms with Crippen molar-refractivity contribution in [1.82, 2.24) is 5.32 Å². The van der Waals surface area contributed by atoms with E-state index < -0.39 is 0 Å². The molecule has 2 nitrogen and oxygen atoms in total. The van der Waals surface area contributed by atoms with Gasteiger partial charge in [-0.3, -0.25) is 4.79 Å². The fourth-order valence-corrected chi connectivity index (χ4v) is 1.37. The Hall–Kier alpha value is -0.370. The Bertz CT molecular complexity index is 126. The highest BCUT2D eigenvalue weighted by molar-refractivity contribution is 5.83. The summed E-state index contributed by atoms with van der Waals surface area (Å²) in [4.78, 5) is 11.3. The summed E-state index contributed by atoms with van der Waals surface area (Å²) in [6, 6.07) is 0. The first-order valence-corrected chi connectivity index (χ1v) is 4.96. The Balaban J connectivity index is 0.000000561. The highest BCUT2D eigenvalue weighted by atomic mass is 16.1. The quantitative estimate of drug-likeness (QED) is 0.687. The molecule has 1 rings (SSSR count). The lowest BCUT2D eigenvalue weighted by Gasteiger charge is -2.08. The number of hydrogen-bond acceptors (Lipinski definition) is 2. The molecule has 1 fully saturated rings. The van der Waals surface area contributed by atoms with E-state index in [4.69, 9.17) is 0 Å². The Morgan fingerprint density at radius 2 is 2.00 bits per heavy atom. The normalized spacial score (nSPS) is 21.9. The van der Waals surface area contributed by atoms with E-state index in [-0.39, 0.29) is 5.92 Å². The molecule has 0 radical (unpaired) electrons. The molecule has 0 bridgehead atoms. The fraction of sp³-hybridized carbons (Fsp3) is 0.900. The third-order valence-corrected chi connectivity index (χ3v) is 2.03. The minimum Gasteiger partial charge on any atom is -0.316 e. The maximum Gasteiger partial charge on any atom is 0.139 e. The van der Waals surface area contributed by atoms with Crippen molar-refractivity contribution >= 4 is 5.78 Å². The molecule has 0 spiro atoms. The van der Waals surface area contributed by atoms with Crippen LogP contribution in [-0.2, 0) is 4.79 Å². The Morgan fingerprint density at radius 3 is 2.33 bits per heavy atom. The molecule has 2 heteroatoms. The maximum absolute atomic E-state index is 11.3. The van der Waals surface area contributed by atoms with Gasteiger partial charge in [-0.1, -0.05) is 27.7 Å². The number of carbonyl (C=O) groups is 1. The molecule has 0 saturated carbocycles. The molecule has 12 heavy (non-hydrogen) atoms. The van der Waals surface area contributed by atoms with Crippen LogP contribution in [-0.4, -0.2) is 18.9 Å². The molecule has 1 saturated heterocycles. The van der Waals surface area contributed by atoms with Gasteiger partial charge < -0.3 is 5.32 Å². The first-order valence-electron chi connectivity index (χ1n) is 4.96. The van der Waals surface area contributed by atoms with Gasteiger partial charge >= 0.3 is 0 Å². The standard InChI is InChI=1S/C8H15NO.C2H6/c1-6(2)8(10)7-3-4-9-5-7;1-2/h6-7,9H,3-5H2,1-2H3;1-2H3. The third kappa shape index (κ3) is 3.35. The maximum atomic E-state index is 11.3. The van der Waals surface area contributed by atoms with Crippen molar-refractivity contribution in [2.24, 2.45) is 11.8 Å². The monoisotopic (exact) mass is 171 g/mol. The molecule has 1 aliphatic rings. The lowest BCUT2D eigenvalue weighted by Crippen LogP contribution is -2.21. The van der Waals surface area contributed by atoms with Crippen LogP contribution in [0.5, 0.6) is 0 Å². The molecule has 0 aromatic heterocycles. The van der Waals surface area contributed by atoms with Gasteiger partial charge in [0.05, 0.1) is 0 Å². The van der Waals surface area contributed by atoms with Crippen molar-refractivity contribution < 1.29 is 4.79 Å². The van der Waals surface area contributed by atoms with Crippen LogP contribution in [0.3, 0.4) is 0 Å². The van der Waals surface area contributed by atoms with Crippen molar-refractivity contribution in [2.45, 2.75) is 34.1 Å². The van der Waals surface area contributed by atoms with Gasteiger partial charge in [-0.05, 0) is 13.0 Å². The third-order valence-electron chi connectivity index (χ3n) is 2.03. The average Bonchev–Trinajstić information content (AvgIpc) is 2.58. The minimum atomic E-state index is 0.213. The van der Waals surface area contributed by atoms with Gasteiger partial charge in [0.1, 0.15) is 5.78 Å². The summed E-state index contributed by atoms with van der Waals surface area (Å²) in [7, 11) is 0. The first-order chi connectivity index (χ1) is 5.72. The molecule has 0 aromatic carbocycles. The van der Waals surface area contributed by atoms with Gasteiger partial charge in [-0.2, -0.15) is 0 Å². The van der Waals surface area contributed by atoms with Gasteiger partial charge in [0, 0.05) is 18.4 Å². The van der Waals surface area contributed by atoms with Crippen LogP contribution < -0.4 is 5.32 Å². The number of rotatable bonds is 2. The Labute approximate surface area is 75.7 Å². The van der Waals surface area contributed by atoms with Gasteiger partial charge in [0.2, 0.25) is 0 Å². The molecule has 0 amide bonds. The van der Waals surface area contributed by atoms with Crippen LogP contribution in [0.15, 0.2) is 0 Å². The summed E-state index contributed by atoms with van der Waals surface area (Å²) < 4.78 is 0. The fourth-order valence-electron chi connectivity index (χ4n) is 1.37. The largest absolute Gasteiger partial charge is 0.316 e. The van der Waals surface area contributed by atoms with Crippen LogP contribution in [0.1, 0.15) is 34.1 Å². The van der Waals surface area contributed by atoms with Gasteiger partial charge in [-0.25, -0.2) is 0 Å². The molecular weight excluding hydrogens is 150 g/mol. The summed E-state index contributed by atoms with van der Waals surface area (Å²) in [5.41, 5.74) is 0. The van der Waals surface area contributed by atoms with E-state index in [1.807, 2.05) is 27.7 Å². The zero-order valence-corrected chi connectivity index (χ0v) is 8.68. The minimum absolute atomic E-state index is 0.213. The van der Waals surface area contributed by atoms with Gasteiger partial charge in [-0.15, -0.1) is 0 Å². The number of carbonyl (C=O) groups excluding carboxylic acids is 1. The highest BCUT2D eigenvalue weighted by Gasteiger charge is 2.23. The number of ketones is 1. The number of hydrogen-bond donors (Lipinski definition) is 1. The highest BCUT2D eigenvalue weighted by Crippen LogP contribution is 2.13. The van der Waals surface area contributed by atoms with E-state index in [1.54, 1.807) is 0 Å². The van der Waals surface area contributed by atoms with E-state index in [0.29, 0.717) is 11.7 Å². The van der Waals surface area contributed by atoms with Crippen LogP contribution in [0.25, 0.3) is 0 Å². The Morgan fingerprint density at radius 1 is 1.42 bits per heavy atom. The van der Waals surface area contributed by atoms with E-state index >= 15 is 0 Å². The summed E-state index contributed by atoms with van der Waals surface area (Å²) in [6.07, 6.45) is 1.04. The molecule has 1 atom stereocenters. The molecule has 1 N–H and O–H groups in total. The summed E-state index contributed by atoms with van der Waals surface area (Å²) in [5.74, 6) is 0.940. The summed E-state index contributed by atoms with van der Waals surface area (Å²) in [6.45, 7) is 9.86. The van der Waals surface area contributed by atoms with Gasteiger partial charge in [0.25, 0.3) is 0 Å². The first kappa shape index (κ1) is 11.6. The van der Waals surface area contributed by atoms with Crippen molar-refractivity contribution in [3.05, 3.63) is 0 Å². The molecule has 1 unspecified atom stereocenters. The van der Waals surface area contributed by atoms with Crippen molar-refractivity contribution in [1.29, 1.82) is 0 Å². The summed E-state index contributed by atoms with van der Waals surface area (Å²) >= 11 is 0. The molecular formula is C10H21NO. The van der Waals surface area contributed by atoms with Crippen LogP contribution in [0, 0.1) is 11.8 Å². The van der Waals surface area contributed by atoms with Crippen molar-refractivity contribution in [3.8, 4) is 0 Å². The number of Topliss-reactive ketones (excluding diaryl/α,β-unsaturated/α-hetero) is 1. The van der Waals surface area contributed by atoms with E-state index in [9.17, 15) is 4.79 Å². The SMILES string of the molecule is CC.CC(C)C(=O)C1CCNC1. The van der Waals surface area contributed by atoms with Crippen molar-refractivity contribution in [3.63, 3.8) is 0 Å². The van der Waals surface area contributed by atoms with Crippen LogP contribution >= 0.6 is 0 Å². The zero-order valence-electron chi connectivity index (χ0n) is 8.68. The van der Waals surface area contributed by atoms with E-state index in [1.165, 1.54) is 0 Å². The summed E-state index contributed by atoms with van der Waals surface area (Å²) in [5, 5.41) is 3.19. The second-order valence-electron chi connectivity index (χ2n) is 3.25. The second-order valence-corrected chi connectivity index (χ2v) is 3.25. The van der Waals surface area contributed by atoms with Crippen molar-refractivity contribution in [2.75, 3.05) is 13.1 Å². The molecule has 1 heterocycles. The molecule has 72 valence electrons. The lowest BCUT2D eigenvalue weighted by atomic mass is 9.95. The van der Waals surface area contributed by atoms with Gasteiger partial charge in [0.15, 0.2) is 0 Å². The second kappa shape index (κ2) is 6.18. The van der Waals surface area contributed by atoms with Crippen LogP contribution in [0.2, 0.25) is 0 Å². The van der Waals surface area contributed by atoms with Crippen LogP contribution in [0.4, 0.5) is 0 Å². The van der Waals surface area contributed by atoms with E-state index in [0.717, 1.165) is 19.5 Å². The average molecular weight is 171 g/mol. The van der Waals surface area contributed by atoms with E-state index in [2.05, 4.69) is 5.32 Å². The predicted molar refractivity (Wildman–Crippen MR) is 52.2 cm³/mol. The molecule has 1 aliphatic heterocycles. The Kier molecular flexibility index (Phi) is 5.99. The zero-order chi connectivity index (χ0) is 9.56. The molecule has 0 aromatic rings. The number of nitrogens with one attached hydrogen (secondary N) is 1. The smallest absolute Gasteiger partial charge is 0.139 e.